The van der Waals surface area contributed by atoms with Gasteiger partial charge < -0.3 is 5.32 Å². The number of thiazole rings is 1. The molecular weight excluding hydrogens is 357 g/mol. The van der Waals surface area contributed by atoms with E-state index < -0.39 is 11.6 Å². The van der Waals surface area contributed by atoms with Gasteiger partial charge in [-0.2, -0.15) is 0 Å². The monoisotopic (exact) mass is 368 g/mol. The molecular formula is C16H11F3N2OS2. The predicted molar refractivity (Wildman–Crippen MR) is 89.9 cm³/mol. The van der Waals surface area contributed by atoms with Gasteiger partial charge in [-0.15, -0.1) is 11.8 Å². The molecule has 0 bridgehead atoms. The molecule has 1 heterocycles. The third-order valence-corrected chi connectivity index (χ3v) is 5.00. The first-order valence-corrected chi connectivity index (χ1v) is 8.75. The minimum Gasteiger partial charge on any atom is -0.302 e. The van der Waals surface area contributed by atoms with E-state index in [0.717, 1.165) is 22.3 Å². The summed E-state index contributed by atoms with van der Waals surface area (Å²) in [6, 6.07) is 7.93. The summed E-state index contributed by atoms with van der Waals surface area (Å²) in [4.78, 5) is 16.7. The fourth-order valence-corrected chi connectivity index (χ4v) is 3.76. The Morgan fingerprint density at radius 1 is 1.12 bits per heavy atom. The van der Waals surface area contributed by atoms with Crippen LogP contribution in [-0.2, 0) is 4.79 Å². The Morgan fingerprint density at radius 3 is 2.62 bits per heavy atom. The number of carbonyl (C=O) groups excluding carboxylic acids is 1. The van der Waals surface area contributed by atoms with E-state index in [0.29, 0.717) is 10.5 Å². The van der Waals surface area contributed by atoms with E-state index in [9.17, 15) is 18.0 Å². The highest BCUT2D eigenvalue weighted by Crippen LogP contribution is 2.29. The molecule has 3 nitrogen and oxygen atoms in total. The number of benzene rings is 2. The fraction of sp³-hybridized carbons (Fsp3) is 0.125. The van der Waals surface area contributed by atoms with Crippen LogP contribution in [0.3, 0.4) is 0 Å². The normalized spacial score (nSPS) is 11.0. The van der Waals surface area contributed by atoms with Crippen LogP contribution in [0.25, 0.3) is 10.2 Å². The zero-order valence-electron chi connectivity index (χ0n) is 12.2. The minimum atomic E-state index is -0.756. The van der Waals surface area contributed by atoms with E-state index >= 15 is 0 Å². The topological polar surface area (TPSA) is 42.0 Å². The molecule has 1 N–H and O–H groups in total. The van der Waals surface area contributed by atoms with Crippen molar-refractivity contribution in [1.82, 2.24) is 4.98 Å². The molecule has 0 saturated heterocycles. The summed E-state index contributed by atoms with van der Waals surface area (Å²) in [6.07, 6.45) is 0.217. The molecule has 0 aliphatic carbocycles. The van der Waals surface area contributed by atoms with Crippen LogP contribution in [0.15, 0.2) is 41.3 Å². The molecule has 0 spiro atoms. The Bertz CT molecular complexity index is 881. The lowest BCUT2D eigenvalue weighted by Gasteiger charge is -2.02. The highest BCUT2D eigenvalue weighted by molar-refractivity contribution is 7.99. The summed E-state index contributed by atoms with van der Waals surface area (Å²) in [6.45, 7) is 0. The Hall–Kier alpha value is -2.06. The molecule has 8 heteroatoms. The van der Waals surface area contributed by atoms with Crippen molar-refractivity contribution in [2.75, 3.05) is 11.1 Å². The number of hydrogen-bond acceptors (Lipinski definition) is 4. The van der Waals surface area contributed by atoms with Gasteiger partial charge >= 0.3 is 0 Å². The molecule has 3 rings (SSSR count). The molecule has 0 aliphatic heterocycles. The lowest BCUT2D eigenvalue weighted by Crippen LogP contribution is -2.11. The van der Waals surface area contributed by atoms with Gasteiger partial charge in [0.2, 0.25) is 5.91 Å². The van der Waals surface area contributed by atoms with E-state index in [1.54, 1.807) is 12.1 Å². The average molecular weight is 368 g/mol. The number of nitrogens with zero attached hydrogens (tertiary/aromatic N) is 1. The van der Waals surface area contributed by atoms with Crippen molar-refractivity contribution in [3.63, 3.8) is 0 Å². The lowest BCUT2D eigenvalue weighted by atomic mass is 10.3. The summed E-state index contributed by atoms with van der Waals surface area (Å²) in [5.74, 6) is -1.52. The van der Waals surface area contributed by atoms with Crippen molar-refractivity contribution in [2.45, 2.75) is 11.3 Å². The molecule has 1 amide bonds. The van der Waals surface area contributed by atoms with Gasteiger partial charge in [-0.05, 0) is 30.3 Å². The molecule has 3 aromatic rings. The van der Waals surface area contributed by atoms with Gasteiger partial charge in [0.15, 0.2) is 10.9 Å². The highest BCUT2D eigenvalue weighted by atomic mass is 32.2. The number of amides is 1. The van der Waals surface area contributed by atoms with E-state index in [-0.39, 0.29) is 28.8 Å². The van der Waals surface area contributed by atoms with E-state index in [1.807, 2.05) is 0 Å². The van der Waals surface area contributed by atoms with Gasteiger partial charge in [0, 0.05) is 23.1 Å². The zero-order valence-corrected chi connectivity index (χ0v) is 13.8. The highest BCUT2D eigenvalue weighted by Gasteiger charge is 2.12. The molecule has 0 unspecified atom stereocenters. The zero-order chi connectivity index (χ0) is 17.1. The second-order valence-electron chi connectivity index (χ2n) is 4.85. The van der Waals surface area contributed by atoms with Gasteiger partial charge in [0.1, 0.15) is 17.2 Å². The molecule has 0 aliphatic rings. The van der Waals surface area contributed by atoms with E-state index in [2.05, 4.69) is 10.3 Å². The molecule has 1 aromatic heterocycles. The van der Waals surface area contributed by atoms with Crippen LogP contribution >= 0.6 is 23.1 Å². The van der Waals surface area contributed by atoms with Crippen molar-refractivity contribution in [3.8, 4) is 0 Å². The summed E-state index contributed by atoms with van der Waals surface area (Å²) in [7, 11) is 0. The SMILES string of the molecule is O=C(CCSc1ccc(F)cc1)Nc1nc2c(F)cc(F)cc2s1. The summed E-state index contributed by atoms with van der Waals surface area (Å²) in [5.41, 5.74) is 0.0392. The number of fused-ring (bicyclic) bond motifs is 1. The minimum absolute atomic E-state index is 0.0392. The fourth-order valence-electron chi connectivity index (χ4n) is 1.98. The second kappa shape index (κ2) is 7.23. The first-order chi connectivity index (χ1) is 11.5. The van der Waals surface area contributed by atoms with Crippen molar-refractivity contribution in [2.24, 2.45) is 0 Å². The Morgan fingerprint density at radius 2 is 1.88 bits per heavy atom. The van der Waals surface area contributed by atoms with Crippen LogP contribution in [0.4, 0.5) is 18.3 Å². The average Bonchev–Trinajstić information content (AvgIpc) is 2.92. The molecule has 0 radical (unpaired) electrons. The molecule has 24 heavy (non-hydrogen) atoms. The quantitative estimate of drug-likeness (QED) is 0.656. The third kappa shape index (κ3) is 4.07. The van der Waals surface area contributed by atoms with E-state index in [1.165, 1.54) is 30.0 Å². The summed E-state index contributed by atoms with van der Waals surface area (Å²) < 4.78 is 39.9. The van der Waals surface area contributed by atoms with Crippen LogP contribution in [0.2, 0.25) is 0 Å². The number of anilines is 1. The maximum atomic E-state index is 13.6. The largest absolute Gasteiger partial charge is 0.302 e. The van der Waals surface area contributed by atoms with Gasteiger partial charge in [0.05, 0.1) is 4.70 Å². The Balaban J connectivity index is 1.57. The van der Waals surface area contributed by atoms with Gasteiger partial charge in [-0.3, -0.25) is 4.79 Å². The summed E-state index contributed by atoms with van der Waals surface area (Å²) >= 11 is 2.44. The van der Waals surface area contributed by atoms with Crippen LogP contribution in [0.5, 0.6) is 0 Å². The number of halogens is 3. The van der Waals surface area contributed by atoms with Crippen LogP contribution < -0.4 is 5.32 Å². The number of aromatic nitrogens is 1. The van der Waals surface area contributed by atoms with E-state index in [4.69, 9.17) is 0 Å². The Labute approximate surface area is 143 Å². The number of nitrogens with one attached hydrogen (secondary N) is 1. The van der Waals surface area contributed by atoms with Crippen molar-refractivity contribution < 1.29 is 18.0 Å². The number of thioether (sulfide) groups is 1. The first kappa shape index (κ1) is 16.8. The number of rotatable bonds is 5. The van der Waals surface area contributed by atoms with Crippen molar-refractivity contribution in [3.05, 3.63) is 53.8 Å². The molecule has 0 atom stereocenters. The maximum absolute atomic E-state index is 13.6. The van der Waals surface area contributed by atoms with Crippen molar-refractivity contribution in [1.29, 1.82) is 0 Å². The standard InChI is InChI=1S/C16H11F3N2OS2/c17-9-1-3-11(4-2-9)23-6-5-14(22)20-16-21-15-12(19)7-10(18)8-13(15)24-16/h1-4,7-8H,5-6H2,(H,20,21,22). The summed E-state index contributed by atoms with van der Waals surface area (Å²) in [5, 5.41) is 2.81. The molecule has 2 aromatic carbocycles. The number of hydrogen-bond donors (Lipinski definition) is 1. The Kier molecular flexibility index (Phi) is 5.06. The maximum Gasteiger partial charge on any atom is 0.226 e. The van der Waals surface area contributed by atoms with Gasteiger partial charge in [0.25, 0.3) is 0 Å². The third-order valence-electron chi connectivity index (χ3n) is 3.07. The van der Waals surface area contributed by atoms with Crippen LogP contribution in [0.1, 0.15) is 6.42 Å². The smallest absolute Gasteiger partial charge is 0.226 e. The molecule has 0 saturated carbocycles. The number of carbonyl (C=O) groups is 1. The predicted octanol–water partition coefficient (Wildman–Crippen LogP) is 4.83. The van der Waals surface area contributed by atoms with Gasteiger partial charge in [-0.1, -0.05) is 11.3 Å². The first-order valence-electron chi connectivity index (χ1n) is 6.95. The molecule has 0 fully saturated rings. The van der Waals surface area contributed by atoms with Gasteiger partial charge in [-0.25, -0.2) is 18.2 Å². The van der Waals surface area contributed by atoms with Crippen LogP contribution in [-0.4, -0.2) is 16.6 Å². The van der Waals surface area contributed by atoms with Crippen LogP contribution in [0, 0.1) is 17.5 Å². The lowest BCUT2D eigenvalue weighted by molar-refractivity contribution is -0.115. The molecule has 124 valence electrons. The van der Waals surface area contributed by atoms with Crippen molar-refractivity contribution >= 4 is 44.4 Å². The second-order valence-corrected chi connectivity index (χ2v) is 7.05.